The smallest absolute Gasteiger partial charge is 0.225 e. The third kappa shape index (κ3) is 5.86. The lowest BCUT2D eigenvalue weighted by atomic mass is 10.3. The third-order valence-electron chi connectivity index (χ3n) is 4.40. The van der Waals surface area contributed by atoms with Gasteiger partial charge >= 0.3 is 0 Å². The molecule has 0 saturated carbocycles. The van der Waals surface area contributed by atoms with Gasteiger partial charge in [-0.1, -0.05) is 0 Å². The second-order valence-corrected chi connectivity index (χ2v) is 7.23. The molecule has 144 valence electrons. The first kappa shape index (κ1) is 21.0. The number of aliphatic imine (C=N–C) groups is 1. The molecular formula is C16H26IN7OS. The summed E-state index contributed by atoms with van der Waals surface area (Å²) in [4.78, 5) is 31.3. The van der Waals surface area contributed by atoms with Gasteiger partial charge in [0.15, 0.2) is 5.96 Å². The molecule has 1 aromatic rings. The minimum atomic E-state index is 0. The number of amides is 1. The molecule has 2 saturated heterocycles. The summed E-state index contributed by atoms with van der Waals surface area (Å²) in [5.41, 5.74) is 6.02. The lowest BCUT2D eigenvalue weighted by Gasteiger charge is -2.34. The number of nitrogens with zero attached hydrogens (tertiary/aromatic N) is 6. The molecule has 10 heteroatoms. The fourth-order valence-corrected chi connectivity index (χ4v) is 3.83. The van der Waals surface area contributed by atoms with Crippen molar-refractivity contribution >= 4 is 53.6 Å². The number of carbonyl (C=O) groups excluding carboxylic acids is 1. The van der Waals surface area contributed by atoms with Gasteiger partial charge in [0, 0.05) is 69.6 Å². The summed E-state index contributed by atoms with van der Waals surface area (Å²) < 4.78 is 0. The quantitative estimate of drug-likeness (QED) is 0.373. The Hall–Kier alpha value is -1.30. The van der Waals surface area contributed by atoms with E-state index in [1.807, 2.05) is 16.7 Å². The van der Waals surface area contributed by atoms with Crippen LogP contribution in [0, 0.1) is 0 Å². The molecule has 3 heterocycles. The van der Waals surface area contributed by atoms with Crippen LogP contribution in [0.3, 0.4) is 0 Å². The van der Waals surface area contributed by atoms with Crippen LogP contribution in [-0.2, 0) is 4.79 Å². The van der Waals surface area contributed by atoms with Gasteiger partial charge in [-0.3, -0.25) is 9.79 Å². The average Bonchev–Trinajstić information content (AvgIpc) is 2.69. The zero-order valence-electron chi connectivity index (χ0n) is 14.8. The molecule has 2 fully saturated rings. The van der Waals surface area contributed by atoms with E-state index >= 15 is 0 Å². The van der Waals surface area contributed by atoms with Gasteiger partial charge in [0.25, 0.3) is 0 Å². The first-order valence-electron chi connectivity index (χ1n) is 8.66. The minimum Gasteiger partial charge on any atom is -0.370 e. The van der Waals surface area contributed by atoms with Crippen LogP contribution in [0.4, 0.5) is 5.95 Å². The second kappa shape index (κ2) is 10.8. The topological polar surface area (TPSA) is 90.9 Å². The van der Waals surface area contributed by atoms with Crippen molar-refractivity contribution in [2.45, 2.75) is 6.42 Å². The van der Waals surface area contributed by atoms with E-state index < -0.39 is 0 Å². The summed E-state index contributed by atoms with van der Waals surface area (Å²) in [6.45, 7) is 5.24. The molecule has 0 bridgehead atoms. The largest absolute Gasteiger partial charge is 0.370 e. The predicted molar refractivity (Wildman–Crippen MR) is 116 cm³/mol. The number of anilines is 1. The summed E-state index contributed by atoms with van der Waals surface area (Å²) in [6, 6.07) is 1.80. The Morgan fingerprint density at radius 3 is 2.38 bits per heavy atom. The van der Waals surface area contributed by atoms with E-state index in [2.05, 4.69) is 24.8 Å². The normalized spacial score (nSPS) is 18.5. The highest BCUT2D eigenvalue weighted by atomic mass is 127. The van der Waals surface area contributed by atoms with E-state index in [0.717, 1.165) is 43.6 Å². The Kier molecular flexibility index (Phi) is 8.69. The van der Waals surface area contributed by atoms with Gasteiger partial charge in [-0.05, 0) is 6.07 Å². The van der Waals surface area contributed by atoms with Crippen molar-refractivity contribution in [1.82, 2.24) is 19.8 Å². The number of aromatic nitrogens is 2. The number of carbonyl (C=O) groups is 1. The Labute approximate surface area is 175 Å². The van der Waals surface area contributed by atoms with Crippen molar-refractivity contribution in [2.75, 3.05) is 62.2 Å². The van der Waals surface area contributed by atoms with Crippen molar-refractivity contribution in [3.63, 3.8) is 0 Å². The first-order chi connectivity index (χ1) is 12.2. The second-order valence-electron chi connectivity index (χ2n) is 6.01. The number of hydrogen-bond acceptors (Lipinski definition) is 6. The lowest BCUT2D eigenvalue weighted by Crippen LogP contribution is -2.49. The van der Waals surface area contributed by atoms with E-state index in [0.29, 0.717) is 32.0 Å². The van der Waals surface area contributed by atoms with Gasteiger partial charge in [0.2, 0.25) is 11.9 Å². The van der Waals surface area contributed by atoms with Crippen LogP contribution in [0.5, 0.6) is 0 Å². The van der Waals surface area contributed by atoms with Gasteiger partial charge in [0.05, 0.1) is 6.54 Å². The van der Waals surface area contributed by atoms with Crippen molar-refractivity contribution in [3.05, 3.63) is 18.5 Å². The standard InChI is InChI=1S/C16H25N7OS.HI/c17-15(22-10-12-25-13-11-22)18-5-2-14(24)21-6-8-23(9-7-21)16-19-3-1-4-20-16;/h1,3-4H,2,5-13H2,(H2,17,18);1H. The van der Waals surface area contributed by atoms with Crippen molar-refractivity contribution in [3.8, 4) is 0 Å². The molecule has 0 aromatic carbocycles. The number of nitrogens with two attached hydrogens (primary N) is 1. The average molecular weight is 491 g/mol. The molecule has 26 heavy (non-hydrogen) atoms. The van der Waals surface area contributed by atoms with Crippen LogP contribution in [-0.4, -0.2) is 89.0 Å². The molecule has 1 aromatic heterocycles. The molecule has 0 atom stereocenters. The Bertz CT molecular complexity index is 590. The first-order valence-corrected chi connectivity index (χ1v) is 9.82. The molecule has 2 aliphatic rings. The van der Waals surface area contributed by atoms with E-state index in [9.17, 15) is 4.79 Å². The minimum absolute atomic E-state index is 0. The number of hydrogen-bond donors (Lipinski definition) is 1. The molecule has 3 rings (SSSR count). The van der Waals surface area contributed by atoms with Crippen LogP contribution in [0.25, 0.3) is 0 Å². The summed E-state index contributed by atoms with van der Waals surface area (Å²) in [7, 11) is 0. The zero-order chi connectivity index (χ0) is 17.5. The van der Waals surface area contributed by atoms with E-state index in [4.69, 9.17) is 5.73 Å². The highest BCUT2D eigenvalue weighted by Gasteiger charge is 2.22. The van der Waals surface area contributed by atoms with E-state index in [1.165, 1.54) is 0 Å². The van der Waals surface area contributed by atoms with Crippen LogP contribution in [0.1, 0.15) is 6.42 Å². The maximum Gasteiger partial charge on any atom is 0.225 e. The summed E-state index contributed by atoms with van der Waals surface area (Å²) in [5, 5.41) is 0. The fourth-order valence-electron chi connectivity index (χ4n) is 2.93. The number of piperazine rings is 1. The third-order valence-corrected chi connectivity index (χ3v) is 5.34. The lowest BCUT2D eigenvalue weighted by molar-refractivity contribution is -0.131. The molecule has 0 unspecified atom stereocenters. The van der Waals surface area contributed by atoms with Crippen LogP contribution >= 0.6 is 35.7 Å². The maximum atomic E-state index is 12.3. The Morgan fingerprint density at radius 1 is 1.08 bits per heavy atom. The highest BCUT2D eigenvalue weighted by Crippen LogP contribution is 2.11. The van der Waals surface area contributed by atoms with Crippen molar-refractivity contribution in [2.24, 2.45) is 10.7 Å². The van der Waals surface area contributed by atoms with Crippen LogP contribution < -0.4 is 10.6 Å². The Balaban J connectivity index is 0.00000243. The number of rotatable bonds is 4. The van der Waals surface area contributed by atoms with E-state index in [-0.39, 0.29) is 29.9 Å². The van der Waals surface area contributed by atoms with Gasteiger partial charge in [-0.2, -0.15) is 11.8 Å². The maximum absolute atomic E-state index is 12.3. The van der Waals surface area contributed by atoms with Gasteiger partial charge in [-0.15, -0.1) is 24.0 Å². The van der Waals surface area contributed by atoms with Gasteiger partial charge in [-0.25, -0.2) is 9.97 Å². The predicted octanol–water partition coefficient (Wildman–Crippen LogP) is 0.497. The molecule has 0 spiro atoms. The molecule has 1 amide bonds. The van der Waals surface area contributed by atoms with Crippen molar-refractivity contribution < 1.29 is 4.79 Å². The van der Waals surface area contributed by atoms with Gasteiger partial charge < -0.3 is 20.4 Å². The van der Waals surface area contributed by atoms with Crippen LogP contribution in [0.15, 0.2) is 23.5 Å². The summed E-state index contributed by atoms with van der Waals surface area (Å²) >= 11 is 1.94. The molecule has 2 aliphatic heterocycles. The van der Waals surface area contributed by atoms with E-state index in [1.54, 1.807) is 18.5 Å². The molecule has 8 nitrogen and oxygen atoms in total. The zero-order valence-corrected chi connectivity index (χ0v) is 17.9. The highest BCUT2D eigenvalue weighted by molar-refractivity contribution is 14.0. The molecular weight excluding hydrogens is 465 g/mol. The molecule has 2 N–H and O–H groups in total. The monoisotopic (exact) mass is 491 g/mol. The molecule has 0 radical (unpaired) electrons. The van der Waals surface area contributed by atoms with Gasteiger partial charge in [0.1, 0.15) is 0 Å². The number of thioether (sulfide) groups is 1. The van der Waals surface area contributed by atoms with Crippen molar-refractivity contribution in [1.29, 1.82) is 0 Å². The fraction of sp³-hybridized carbons (Fsp3) is 0.625. The summed E-state index contributed by atoms with van der Waals surface area (Å²) in [5.74, 6) is 3.61. The molecule has 0 aliphatic carbocycles. The number of halogens is 1. The number of guanidine groups is 1. The Morgan fingerprint density at radius 2 is 1.73 bits per heavy atom. The SMILES string of the molecule is I.NC(=NCCC(=O)N1CCN(c2ncccn2)CC1)N1CCSCC1. The summed E-state index contributed by atoms with van der Waals surface area (Å²) in [6.07, 6.45) is 3.89. The van der Waals surface area contributed by atoms with Crippen LogP contribution in [0.2, 0.25) is 0 Å².